The van der Waals surface area contributed by atoms with Crippen LogP contribution in [0.5, 0.6) is 0 Å². The number of fused-ring (bicyclic) bond motifs is 1. The molecule has 0 saturated heterocycles. The topological polar surface area (TPSA) is 102 Å². The molecule has 3 heterocycles. The first kappa shape index (κ1) is 22.0. The molecule has 1 aliphatic heterocycles. The van der Waals surface area contributed by atoms with Crippen LogP contribution in [-0.2, 0) is 16.1 Å². The lowest BCUT2D eigenvalue weighted by Crippen LogP contribution is -2.47. The van der Waals surface area contributed by atoms with E-state index in [-0.39, 0.29) is 30.0 Å². The molecule has 2 aromatic heterocycles. The van der Waals surface area contributed by atoms with Crippen LogP contribution in [0.4, 0.5) is 4.79 Å². The van der Waals surface area contributed by atoms with E-state index < -0.39 is 18.0 Å². The summed E-state index contributed by atoms with van der Waals surface area (Å²) in [6.07, 6.45) is 1.43. The molecule has 32 heavy (non-hydrogen) atoms. The average molecular weight is 473 g/mol. The fraction of sp³-hybridized carbons (Fsp3) is 0.273. The van der Waals surface area contributed by atoms with Crippen LogP contribution in [0.25, 0.3) is 10.2 Å². The Bertz CT molecular complexity index is 1310. The Hall–Kier alpha value is -3.17. The largest absolute Gasteiger partial charge is 0.463 e. The Labute approximate surface area is 192 Å². The second-order valence-electron chi connectivity index (χ2n) is 7.34. The van der Waals surface area contributed by atoms with E-state index in [9.17, 15) is 14.4 Å². The van der Waals surface area contributed by atoms with Gasteiger partial charge < -0.3 is 15.4 Å². The molecule has 10 heteroatoms. The van der Waals surface area contributed by atoms with Crippen molar-refractivity contribution >= 4 is 45.2 Å². The summed E-state index contributed by atoms with van der Waals surface area (Å²) < 4.78 is 6.66. The number of halogens is 1. The number of hydrogen-bond acceptors (Lipinski definition) is 6. The molecular weight excluding hydrogens is 452 g/mol. The third kappa shape index (κ3) is 4.01. The van der Waals surface area contributed by atoms with Gasteiger partial charge in [-0.25, -0.2) is 14.6 Å². The SMILES string of the molecule is CCOC(=O)C1=C(Cn2cnc3sc(C)c(C)c3c2=O)NC(=O)NC1c1ccc(Cl)cc1. The van der Waals surface area contributed by atoms with Gasteiger partial charge in [-0.2, -0.15) is 0 Å². The maximum absolute atomic E-state index is 13.2. The van der Waals surface area contributed by atoms with Crippen LogP contribution in [0.2, 0.25) is 5.02 Å². The molecule has 2 amide bonds. The van der Waals surface area contributed by atoms with E-state index in [2.05, 4.69) is 15.6 Å². The molecule has 3 aromatic rings. The fourth-order valence-electron chi connectivity index (χ4n) is 3.65. The minimum Gasteiger partial charge on any atom is -0.463 e. The first-order chi connectivity index (χ1) is 15.3. The van der Waals surface area contributed by atoms with Gasteiger partial charge in [-0.1, -0.05) is 23.7 Å². The van der Waals surface area contributed by atoms with Gasteiger partial charge in [-0.3, -0.25) is 9.36 Å². The molecule has 0 spiro atoms. The first-order valence-electron chi connectivity index (χ1n) is 9.98. The normalized spacial score (nSPS) is 16.1. The van der Waals surface area contributed by atoms with Crippen molar-refractivity contribution in [2.75, 3.05) is 6.61 Å². The van der Waals surface area contributed by atoms with E-state index in [1.54, 1.807) is 31.2 Å². The van der Waals surface area contributed by atoms with Crippen LogP contribution in [0.1, 0.15) is 29.0 Å². The summed E-state index contributed by atoms with van der Waals surface area (Å²) in [6.45, 7) is 5.65. The highest BCUT2D eigenvalue weighted by atomic mass is 35.5. The molecule has 0 radical (unpaired) electrons. The summed E-state index contributed by atoms with van der Waals surface area (Å²) in [6, 6.07) is 5.57. The number of esters is 1. The minimum atomic E-state index is -0.757. The number of nitrogens with zero attached hydrogens (tertiary/aromatic N) is 2. The predicted octanol–water partition coefficient (Wildman–Crippen LogP) is 3.60. The quantitative estimate of drug-likeness (QED) is 0.552. The number of benzene rings is 1. The number of carbonyl (C=O) groups excluding carboxylic acids is 2. The van der Waals surface area contributed by atoms with Gasteiger partial charge in [0.15, 0.2) is 0 Å². The molecule has 1 aliphatic rings. The monoisotopic (exact) mass is 472 g/mol. The number of aryl methyl sites for hydroxylation is 2. The van der Waals surface area contributed by atoms with Crippen molar-refractivity contribution in [1.29, 1.82) is 0 Å². The van der Waals surface area contributed by atoms with Crippen molar-refractivity contribution in [2.45, 2.75) is 33.4 Å². The Morgan fingerprint density at radius 3 is 2.66 bits per heavy atom. The van der Waals surface area contributed by atoms with Crippen molar-refractivity contribution in [1.82, 2.24) is 20.2 Å². The zero-order chi connectivity index (χ0) is 23.0. The number of rotatable bonds is 5. The second kappa shape index (κ2) is 8.76. The minimum absolute atomic E-state index is 0.0399. The molecule has 2 N–H and O–H groups in total. The van der Waals surface area contributed by atoms with Crippen LogP contribution in [0.15, 0.2) is 46.7 Å². The van der Waals surface area contributed by atoms with E-state index in [1.165, 1.54) is 22.2 Å². The van der Waals surface area contributed by atoms with Gasteiger partial charge in [0.25, 0.3) is 5.56 Å². The summed E-state index contributed by atoms with van der Waals surface area (Å²) in [7, 11) is 0. The first-order valence-corrected chi connectivity index (χ1v) is 11.2. The van der Waals surface area contributed by atoms with Gasteiger partial charge in [0.2, 0.25) is 0 Å². The highest BCUT2D eigenvalue weighted by Crippen LogP contribution is 2.30. The number of hydrogen-bond donors (Lipinski definition) is 2. The summed E-state index contributed by atoms with van der Waals surface area (Å²) in [5, 5.41) is 6.51. The van der Waals surface area contributed by atoms with Gasteiger partial charge in [-0.15, -0.1) is 11.3 Å². The van der Waals surface area contributed by atoms with Gasteiger partial charge >= 0.3 is 12.0 Å². The Morgan fingerprint density at radius 1 is 1.25 bits per heavy atom. The third-order valence-corrected chi connectivity index (χ3v) is 6.70. The molecular formula is C22H21ClN4O4S. The summed E-state index contributed by atoms with van der Waals surface area (Å²) >= 11 is 7.45. The molecule has 0 bridgehead atoms. The highest BCUT2D eigenvalue weighted by molar-refractivity contribution is 7.18. The maximum Gasteiger partial charge on any atom is 0.338 e. The van der Waals surface area contributed by atoms with E-state index in [0.717, 1.165) is 10.4 Å². The molecule has 0 fully saturated rings. The smallest absolute Gasteiger partial charge is 0.338 e. The molecule has 8 nitrogen and oxygen atoms in total. The third-order valence-electron chi connectivity index (χ3n) is 5.34. The highest BCUT2D eigenvalue weighted by Gasteiger charge is 2.34. The Balaban J connectivity index is 1.84. The summed E-state index contributed by atoms with van der Waals surface area (Å²) in [4.78, 5) is 44.6. The zero-order valence-corrected chi connectivity index (χ0v) is 19.3. The van der Waals surface area contributed by atoms with Crippen LogP contribution < -0.4 is 16.2 Å². The number of thiophene rings is 1. The van der Waals surface area contributed by atoms with Crippen LogP contribution in [0.3, 0.4) is 0 Å². The molecule has 0 saturated carbocycles. The lowest BCUT2D eigenvalue weighted by atomic mass is 9.95. The molecule has 1 atom stereocenters. The number of allylic oxidation sites excluding steroid dienone is 1. The fourth-order valence-corrected chi connectivity index (χ4v) is 4.76. The second-order valence-corrected chi connectivity index (χ2v) is 8.98. The molecule has 1 aromatic carbocycles. The molecule has 0 aliphatic carbocycles. The zero-order valence-electron chi connectivity index (χ0n) is 17.7. The van der Waals surface area contributed by atoms with Gasteiger partial charge in [0.05, 0.1) is 42.2 Å². The van der Waals surface area contributed by atoms with E-state index >= 15 is 0 Å². The Morgan fingerprint density at radius 2 is 1.97 bits per heavy atom. The molecule has 1 unspecified atom stereocenters. The average Bonchev–Trinajstić information content (AvgIpc) is 3.04. The maximum atomic E-state index is 13.2. The molecule has 4 rings (SSSR count). The van der Waals surface area contributed by atoms with Crippen molar-refractivity contribution < 1.29 is 14.3 Å². The standard InChI is InChI=1S/C22H21ClN4O4S/c1-4-31-21(29)17-15(25-22(30)26-18(17)13-5-7-14(23)8-6-13)9-27-10-24-19-16(20(27)28)11(2)12(3)32-19/h5-8,10,18H,4,9H2,1-3H3,(H2,25,26,30). The lowest BCUT2D eigenvalue weighted by molar-refractivity contribution is -0.139. The number of amides is 2. The van der Waals surface area contributed by atoms with Gasteiger partial charge in [0, 0.05) is 9.90 Å². The van der Waals surface area contributed by atoms with Crippen LogP contribution >= 0.6 is 22.9 Å². The van der Waals surface area contributed by atoms with Crippen molar-refractivity contribution in [3.05, 3.63) is 73.2 Å². The number of carbonyl (C=O) groups is 2. The van der Waals surface area contributed by atoms with Gasteiger partial charge in [0.1, 0.15) is 4.83 Å². The number of aromatic nitrogens is 2. The Kier molecular flexibility index (Phi) is 6.03. The lowest BCUT2D eigenvalue weighted by Gasteiger charge is -2.29. The van der Waals surface area contributed by atoms with E-state index in [0.29, 0.717) is 20.8 Å². The molecule has 166 valence electrons. The van der Waals surface area contributed by atoms with Crippen molar-refractivity contribution in [3.63, 3.8) is 0 Å². The number of nitrogens with one attached hydrogen (secondary N) is 2. The van der Waals surface area contributed by atoms with Crippen LogP contribution in [-0.4, -0.2) is 28.2 Å². The van der Waals surface area contributed by atoms with E-state index in [1.807, 2.05) is 13.8 Å². The van der Waals surface area contributed by atoms with Gasteiger partial charge in [-0.05, 0) is 44.0 Å². The number of ether oxygens (including phenoxy) is 1. The van der Waals surface area contributed by atoms with Crippen molar-refractivity contribution in [3.8, 4) is 0 Å². The van der Waals surface area contributed by atoms with E-state index in [4.69, 9.17) is 16.3 Å². The van der Waals surface area contributed by atoms with Crippen LogP contribution in [0, 0.1) is 13.8 Å². The number of urea groups is 1. The summed E-state index contributed by atoms with van der Waals surface area (Å²) in [5.74, 6) is -0.584. The van der Waals surface area contributed by atoms with Crippen molar-refractivity contribution in [2.24, 2.45) is 0 Å². The predicted molar refractivity (Wildman–Crippen MR) is 123 cm³/mol. The summed E-state index contributed by atoms with van der Waals surface area (Å²) in [5.41, 5.74) is 1.81.